The lowest BCUT2D eigenvalue weighted by Gasteiger charge is -2.31. The average Bonchev–Trinajstić information content (AvgIpc) is 3.31. The Morgan fingerprint density at radius 3 is 2.74 bits per heavy atom. The number of aromatic nitrogens is 4. The maximum absolute atomic E-state index is 12.8. The molecule has 3 aromatic heterocycles. The first-order valence-electron chi connectivity index (χ1n) is 8.88. The number of H-pyrrole nitrogens is 1. The number of imidazole rings is 1. The minimum atomic E-state index is -0.404. The number of piperidine rings is 1. The first-order valence-corrected chi connectivity index (χ1v) is 9.70. The van der Waals surface area contributed by atoms with Crippen molar-refractivity contribution in [3.8, 4) is 0 Å². The van der Waals surface area contributed by atoms with Crippen molar-refractivity contribution in [3.05, 3.63) is 48.5 Å². The van der Waals surface area contributed by atoms with Crippen molar-refractivity contribution < 1.29 is 4.79 Å². The van der Waals surface area contributed by atoms with E-state index in [-0.39, 0.29) is 17.4 Å². The fraction of sp³-hybridized carbons (Fsp3) is 0.444. The summed E-state index contributed by atoms with van der Waals surface area (Å²) in [6.45, 7) is 3.25. The molecule has 27 heavy (non-hydrogen) atoms. The summed E-state index contributed by atoms with van der Waals surface area (Å²) in [5, 5.41) is 0. The maximum atomic E-state index is 12.8. The van der Waals surface area contributed by atoms with Crippen LogP contribution in [0.15, 0.2) is 21.7 Å². The van der Waals surface area contributed by atoms with E-state index in [1.807, 2.05) is 24.0 Å². The molecule has 0 aromatic carbocycles. The van der Waals surface area contributed by atoms with Gasteiger partial charge < -0.3 is 9.88 Å². The molecule has 0 radical (unpaired) electrons. The fourth-order valence-corrected chi connectivity index (χ4v) is 4.46. The minimum Gasteiger partial charge on any atom is -0.337 e. The van der Waals surface area contributed by atoms with Gasteiger partial charge in [0.25, 0.3) is 11.5 Å². The highest BCUT2D eigenvalue weighted by atomic mass is 32.1. The van der Waals surface area contributed by atoms with Crippen LogP contribution >= 0.6 is 11.3 Å². The van der Waals surface area contributed by atoms with E-state index in [1.54, 1.807) is 7.05 Å². The Kier molecular flexibility index (Phi) is 4.26. The number of thiophene rings is 1. The van der Waals surface area contributed by atoms with E-state index in [2.05, 4.69) is 9.97 Å². The zero-order valence-corrected chi connectivity index (χ0v) is 16.3. The summed E-state index contributed by atoms with van der Waals surface area (Å²) >= 11 is 1.50. The molecule has 1 aliphatic rings. The molecule has 3 aromatic rings. The van der Waals surface area contributed by atoms with Gasteiger partial charge in [-0.1, -0.05) is 0 Å². The van der Waals surface area contributed by atoms with Crippen molar-refractivity contribution in [3.63, 3.8) is 0 Å². The lowest BCUT2D eigenvalue weighted by atomic mass is 9.97. The molecule has 1 aliphatic heterocycles. The number of fused-ring (bicyclic) bond motifs is 1. The van der Waals surface area contributed by atoms with Crippen LogP contribution in [0.25, 0.3) is 11.2 Å². The minimum absolute atomic E-state index is 0.0102. The number of aromatic amines is 1. The topological polar surface area (TPSA) is 93.0 Å². The van der Waals surface area contributed by atoms with Crippen molar-refractivity contribution in [2.45, 2.75) is 25.7 Å². The van der Waals surface area contributed by atoms with Gasteiger partial charge in [0.2, 0.25) is 0 Å². The van der Waals surface area contributed by atoms with E-state index in [1.165, 1.54) is 23.0 Å². The van der Waals surface area contributed by atoms with E-state index < -0.39 is 5.69 Å². The Morgan fingerprint density at radius 2 is 2.04 bits per heavy atom. The van der Waals surface area contributed by atoms with E-state index in [0.717, 1.165) is 27.2 Å². The zero-order valence-electron chi connectivity index (χ0n) is 15.5. The molecule has 142 valence electrons. The number of carbonyl (C=O) groups excluding carboxylic acids is 1. The van der Waals surface area contributed by atoms with Gasteiger partial charge in [0, 0.05) is 38.0 Å². The van der Waals surface area contributed by atoms with Crippen LogP contribution in [0.5, 0.6) is 0 Å². The number of aryl methyl sites for hydroxylation is 2. The lowest BCUT2D eigenvalue weighted by Crippen LogP contribution is -2.39. The van der Waals surface area contributed by atoms with Crippen LogP contribution in [0.4, 0.5) is 0 Å². The fourth-order valence-electron chi connectivity index (χ4n) is 3.63. The summed E-state index contributed by atoms with van der Waals surface area (Å²) in [5.41, 5.74) is -0.105. The Hall–Kier alpha value is -2.68. The monoisotopic (exact) mass is 387 g/mol. The van der Waals surface area contributed by atoms with Crippen LogP contribution in [0.3, 0.4) is 0 Å². The maximum Gasteiger partial charge on any atom is 0.332 e. The van der Waals surface area contributed by atoms with Gasteiger partial charge in [-0.05, 0) is 31.9 Å². The van der Waals surface area contributed by atoms with Crippen LogP contribution in [-0.4, -0.2) is 43.0 Å². The molecule has 0 spiro atoms. The molecule has 0 bridgehead atoms. The third kappa shape index (κ3) is 2.91. The van der Waals surface area contributed by atoms with Crippen molar-refractivity contribution in [2.75, 3.05) is 13.1 Å². The van der Waals surface area contributed by atoms with Gasteiger partial charge in [-0.2, -0.15) is 0 Å². The Morgan fingerprint density at radius 1 is 1.26 bits per heavy atom. The first-order chi connectivity index (χ1) is 12.9. The van der Waals surface area contributed by atoms with Gasteiger partial charge >= 0.3 is 5.69 Å². The van der Waals surface area contributed by atoms with Gasteiger partial charge in [0.15, 0.2) is 5.65 Å². The van der Waals surface area contributed by atoms with Crippen LogP contribution in [0, 0.1) is 6.92 Å². The summed E-state index contributed by atoms with van der Waals surface area (Å²) < 4.78 is 2.44. The number of nitrogens with zero attached hydrogens (tertiary/aromatic N) is 4. The Bertz CT molecular complexity index is 1150. The summed E-state index contributed by atoms with van der Waals surface area (Å²) in [7, 11) is 3.05. The first kappa shape index (κ1) is 17.7. The number of amides is 1. The lowest BCUT2D eigenvalue weighted by molar-refractivity contribution is 0.0710. The van der Waals surface area contributed by atoms with Crippen molar-refractivity contribution >= 4 is 28.4 Å². The summed E-state index contributed by atoms with van der Waals surface area (Å²) in [6, 6.07) is 3.82. The van der Waals surface area contributed by atoms with Crippen LogP contribution in [0.1, 0.15) is 39.1 Å². The third-order valence-electron chi connectivity index (χ3n) is 5.16. The highest BCUT2D eigenvalue weighted by Gasteiger charge is 2.28. The highest BCUT2D eigenvalue weighted by Crippen LogP contribution is 2.28. The molecule has 1 N–H and O–H groups in total. The third-order valence-corrected chi connectivity index (χ3v) is 6.15. The van der Waals surface area contributed by atoms with Crippen LogP contribution in [0.2, 0.25) is 0 Å². The number of nitrogens with one attached hydrogen (secondary N) is 1. The molecule has 1 unspecified atom stereocenters. The van der Waals surface area contributed by atoms with Crippen molar-refractivity contribution in [2.24, 2.45) is 14.1 Å². The van der Waals surface area contributed by atoms with E-state index >= 15 is 0 Å². The van der Waals surface area contributed by atoms with Gasteiger partial charge in [0.1, 0.15) is 11.3 Å². The predicted molar refractivity (Wildman–Crippen MR) is 104 cm³/mol. The molecule has 4 rings (SSSR count). The quantitative estimate of drug-likeness (QED) is 0.718. The SMILES string of the molecule is Cc1ccc(C(=O)N2CCCC(c3nc4c([nH]3)c(=O)n(C)c(=O)n4C)C2)s1. The number of hydrogen-bond acceptors (Lipinski definition) is 5. The molecular formula is C18H21N5O3S. The average molecular weight is 387 g/mol. The molecule has 8 nitrogen and oxygen atoms in total. The number of carbonyl (C=O) groups is 1. The molecule has 1 atom stereocenters. The Labute approximate surface area is 159 Å². The number of hydrogen-bond donors (Lipinski definition) is 1. The normalized spacial score (nSPS) is 17.6. The second-order valence-electron chi connectivity index (χ2n) is 7.03. The van der Waals surface area contributed by atoms with Gasteiger partial charge in [0.05, 0.1) is 4.88 Å². The zero-order chi connectivity index (χ0) is 19.3. The van der Waals surface area contributed by atoms with Gasteiger partial charge in [-0.3, -0.25) is 18.7 Å². The predicted octanol–water partition coefficient (Wildman–Crippen LogP) is 1.35. The van der Waals surface area contributed by atoms with Crippen molar-refractivity contribution in [1.82, 2.24) is 24.0 Å². The van der Waals surface area contributed by atoms with Crippen LogP contribution in [-0.2, 0) is 14.1 Å². The summed E-state index contributed by atoms with van der Waals surface area (Å²) in [5.74, 6) is 0.705. The molecule has 0 aliphatic carbocycles. The largest absolute Gasteiger partial charge is 0.337 e. The Balaban J connectivity index is 1.66. The molecule has 1 saturated heterocycles. The molecule has 1 amide bonds. The second kappa shape index (κ2) is 6.49. The molecule has 4 heterocycles. The molecule has 9 heteroatoms. The standard InChI is InChI=1S/C18H21N5O3S/c1-10-6-7-12(27-10)16(24)23-8-4-5-11(9-23)14-19-13-15(20-14)21(2)18(26)22(3)17(13)25/h6-7,11H,4-5,8-9H2,1-3H3,(H,19,20). The van der Waals surface area contributed by atoms with Gasteiger partial charge in [-0.15, -0.1) is 11.3 Å². The van der Waals surface area contributed by atoms with Crippen molar-refractivity contribution in [1.29, 1.82) is 0 Å². The smallest absolute Gasteiger partial charge is 0.332 e. The molecule has 1 fully saturated rings. The molecule has 0 saturated carbocycles. The van der Waals surface area contributed by atoms with E-state index in [9.17, 15) is 14.4 Å². The van der Waals surface area contributed by atoms with Crippen LogP contribution < -0.4 is 11.2 Å². The van der Waals surface area contributed by atoms with E-state index in [4.69, 9.17) is 0 Å². The summed E-state index contributed by atoms with van der Waals surface area (Å²) in [6.07, 6.45) is 1.75. The van der Waals surface area contributed by atoms with E-state index in [0.29, 0.717) is 30.1 Å². The highest BCUT2D eigenvalue weighted by molar-refractivity contribution is 7.13. The molecular weight excluding hydrogens is 366 g/mol. The number of rotatable bonds is 2. The van der Waals surface area contributed by atoms with Gasteiger partial charge in [-0.25, -0.2) is 9.78 Å². The number of likely N-dealkylation sites (tertiary alicyclic amines) is 1. The second-order valence-corrected chi connectivity index (χ2v) is 8.31. The summed E-state index contributed by atoms with van der Waals surface area (Å²) in [4.78, 5) is 48.6.